The number of aromatic nitrogens is 1. The second kappa shape index (κ2) is 5.07. The number of hydrogen-bond acceptors (Lipinski definition) is 2. The van der Waals surface area contributed by atoms with Crippen LogP contribution in [0.1, 0.15) is 26.4 Å². The number of carbonyl (C=O) groups excluding carboxylic acids is 1. The minimum Gasteiger partial charge on any atom is -0.478 e. The minimum atomic E-state index is -1.19. The molecule has 3 aromatic rings. The third kappa shape index (κ3) is 2.19. The monoisotopic (exact) mass is 299 g/mol. The average Bonchev–Trinajstić information content (AvgIpc) is 2.88. The van der Waals surface area contributed by atoms with E-state index in [1.807, 2.05) is 0 Å². The highest BCUT2D eigenvalue weighted by Gasteiger charge is 2.24. The van der Waals surface area contributed by atoms with Crippen LogP contribution in [0.5, 0.6) is 0 Å². The summed E-state index contributed by atoms with van der Waals surface area (Å²) in [6.45, 7) is 0. The van der Waals surface area contributed by atoms with E-state index in [9.17, 15) is 14.7 Å². The van der Waals surface area contributed by atoms with Gasteiger partial charge in [0, 0.05) is 16.5 Å². The Morgan fingerprint density at radius 2 is 1.71 bits per heavy atom. The molecule has 5 heteroatoms. The molecule has 0 radical (unpaired) electrons. The van der Waals surface area contributed by atoms with Gasteiger partial charge in [0.25, 0.3) is 0 Å². The third-order valence-corrected chi connectivity index (χ3v) is 3.57. The first kappa shape index (κ1) is 13.4. The molecule has 0 aliphatic rings. The molecule has 0 bridgehead atoms. The summed E-state index contributed by atoms with van der Waals surface area (Å²) in [6, 6.07) is 13.5. The Kier molecular flexibility index (Phi) is 3.23. The molecule has 0 unspecified atom stereocenters. The van der Waals surface area contributed by atoms with Gasteiger partial charge in [0.05, 0.1) is 10.6 Å². The summed E-state index contributed by atoms with van der Waals surface area (Å²) in [4.78, 5) is 26.9. The van der Waals surface area contributed by atoms with Crippen LogP contribution in [0.4, 0.5) is 0 Å². The van der Waals surface area contributed by atoms with Gasteiger partial charge >= 0.3 is 5.97 Å². The normalized spacial score (nSPS) is 10.7. The Balaban J connectivity index is 2.28. The van der Waals surface area contributed by atoms with Gasteiger partial charge in [-0.2, -0.15) is 0 Å². The van der Waals surface area contributed by atoms with Crippen molar-refractivity contribution in [1.29, 1.82) is 0 Å². The van der Waals surface area contributed by atoms with Gasteiger partial charge in [-0.25, -0.2) is 4.79 Å². The Morgan fingerprint density at radius 3 is 2.38 bits per heavy atom. The molecule has 0 spiro atoms. The fourth-order valence-corrected chi connectivity index (χ4v) is 2.59. The number of carbonyl (C=O) groups is 2. The van der Waals surface area contributed by atoms with Crippen LogP contribution in [0.25, 0.3) is 10.9 Å². The predicted molar refractivity (Wildman–Crippen MR) is 80.1 cm³/mol. The summed E-state index contributed by atoms with van der Waals surface area (Å²) >= 11 is 6.08. The van der Waals surface area contributed by atoms with E-state index < -0.39 is 5.97 Å². The van der Waals surface area contributed by atoms with Gasteiger partial charge in [-0.3, -0.25) is 4.79 Å². The van der Waals surface area contributed by atoms with E-state index >= 15 is 0 Å². The van der Waals surface area contributed by atoms with Crippen molar-refractivity contribution in [2.24, 2.45) is 0 Å². The smallest absolute Gasteiger partial charge is 0.338 e. The highest BCUT2D eigenvalue weighted by Crippen LogP contribution is 2.30. The van der Waals surface area contributed by atoms with Crippen molar-refractivity contribution in [1.82, 2.24) is 4.98 Å². The van der Waals surface area contributed by atoms with Gasteiger partial charge in [-0.05, 0) is 12.1 Å². The van der Waals surface area contributed by atoms with E-state index in [0.717, 1.165) is 0 Å². The molecule has 2 aromatic carbocycles. The van der Waals surface area contributed by atoms with Crippen LogP contribution in [0.15, 0.2) is 48.5 Å². The molecule has 2 N–H and O–H groups in total. The summed E-state index contributed by atoms with van der Waals surface area (Å²) in [7, 11) is 0. The Hall–Kier alpha value is -2.59. The largest absolute Gasteiger partial charge is 0.478 e. The Bertz CT molecular complexity index is 853. The van der Waals surface area contributed by atoms with Crippen LogP contribution >= 0.6 is 11.6 Å². The number of carboxylic acid groups (broad SMARTS) is 1. The Morgan fingerprint density at radius 1 is 1.00 bits per heavy atom. The van der Waals surface area contributed by atoms with Crippen LogP contribution in [-0.2, 0) is 0 Å². The van der Waals surface area contributed by atoms with Crippen LogP contribution in [0.2, 0.25) is 5.02 Å². The van der Waals surface area contributed by atoms with Crippen LogP contribution in [0.3, 0.4) is 0 Å². The summed E-state index contributed by atoms with van der Waals surface area (Å²) in [5.41, 5.74) is 0.892. The SMILES string of the molecule is O=C(c1ccccc1)c1[nH]c2cccc(Cl)c2c1C(=O)O. The first-order valence-corrected chi connectivity index (χ1v) is 6.60. The molecule has 0 saturated carbocycles. The van der Waals surface area contributed by atoms with Gasteiger partial charge in [0.2, 0.25) is 5.78 Å². The highest BCUT2D eigenvalue weighted by molar-refractivity contribution is 6.37. The number of fused-ring (bicyclic) bond motifs is 1. The highest BCUT2D eigenvalue weighted by atomic mass is 35.5. The maximum atomic E-state index is 12.5. The van der Waals surface area contributed by atoms with Crippen molar-refractivity contribution >= 4 is 34.3 Å². The van der Waals surface area contributed by atoms with Crippen molar-refractivity contribution in [3.8, 4) is 0 Å². The lowest BCUT2D eigenvalue weighted by molar-refractivity contribution is 0.0695. The molecule has 4 nitrogen and oxygen atoms in total. The number of ketones is 1. The summed E-state index contributed by atoms with van der Waals surface area (Å²) in [6.07, 6.45) is 0. The maximum absolute atomic E-state index is 12.5. The molecule has 0 fully saturated rings. The average molecular weight is 300 g/mol. The van der Waals surface area contributed by atoms with Crippen molar-refractivity contribution in [2.45, 2.75) is 0 Å². The van der Waals surface area contributed by atoms with E-state index in [0.29, 0.717) is 21.5 Å². The number of rotatable bonds is 3. The second-order valence-electron chi connectivity index (χ2n) is 4.54. The van der Waals surface area contributed by atoms with E-state index in [2.05, 4.69) is 4.98 Å². The number of H-pyrrole nitrogens is 1. The molecule has 104 valence electrons. The molecule has 0 aliphatic heterocycles. The molecule has 0 aliphatic carbocycles. The van der Waals surface area contributed by atoms with Crippen molar-refractivity contribution < 1.29 is 14.7 Å². The minimum absolute atomic E-state index is 0.0387. The van der Waals surface area contributed by atoms with Crippen LogP contribution in [0, 0.1) is 0 Å². The zero-order chi connectivity index (χ0) is 15.0. The molecular formula is C16H10ClNO3. The quantitative estimate of drug-likeness (QED) is 0.724. The molecule has 0 amide bonds. The lowest BCUT2D eigenvalue weighted by Crippen LogP contribution is -2.08. The van der Waals surface area contributed by atoms with Gasteiger partial charge in [0.15, 0.2) is 0 Å². The topological polar surface area (TPSA) is 70.2 Å². The number of carboxylic acids is 1. The van der Waals surface area contributed by atoms with Gasteiger partial charge in [-0.15, -0.1) is 0 Å². The number of halogens is 1. The molecular weight excluding hydrogens is 290 g/mol. The fraction of sp³-hybridized carbons (Fsp3) is 0. The van der Waals surface area contributed by atoms with Crippen LogP contribution < -0.4 is 0 Å². The maximum Gasteiger partial charge on any atom is 0.338 e. The third-order valence-electron chi connectivity index (χ3n) is 3.25. The lowest BCUT2D eigenvalue weighted by Gasteiger charge is -2.01. The van der Waals surface area contributed by atoms with Crippen molar-refractivity contribution in [3.05, 3.63) is 70.4 Å². The molecule has 0 atom stereocenters. The zero-order valence-corrected chi connectivity index (χ0v) is 11.5. The lowest BCUT2D eigenvalue weighted by atomic mass is 10.0. The molecule has 3 rings (SSSR count). The van der Waals surface area contributed by atoms with Crippen molar-refractivity contribution in [2.75, 3.05) is 0 Å². The van der Waals surface area contributed by atoms with E-state index in [1.165, 1.54) is 0 Å². The number of hydrogen-bond donors (Lipinski definition) is 2. The number of benzene rings is 2. The Labute approximate surface area is 125 Å². The van der Waals surface area contributed by atoms with E-state index in [-0.39, 0.29) is 17.0 Å². The second-order valence-corrected chi connectivity index (χ2v) is 4.94. The van der Waals surface area contributed by atoms with Gasteiger partial charge < -0.3 is 10.1 Å². The molecule has 1 aromatic heterocycles. The van der Waals surface area contributed by atoms with E-state index in [1.54, 1.807) is 48.5 Å². The fourth-order valence-electron chi connectivity index (χ4n) is 2.32. The standard InChI is InChI=1S/C16H10ClNO3/c17-10-7-4-8-11-12(10)13(16(20)21)14(18-11)15(19)9-5-2-1-3-6-9/h1-8,18H,(H,20,21). The van der Waals surface area contributed by atoms with Crippen LogP contribution in [-0.4, -0.2) is 21.8 Å². The molecule has 1 heterocycles. The number of nitrogens with one attached hydrogen (secondary N) is 1. The number of aromatic carboxylic acids is 1. The zero-order valence-electron chi connectivity index (χ0n) is 10.8. The van der Waals surface area contributed by atoms with Gasteiger partial charge in [0.1, 0.15) is 5.69 Å². The van der Waals surface area contributed by atoms with Crippen molar-refractivity contribution in [3.63, 3.8) is 0 Å². The molecule has 21 heavy (non-hydrogen) atoms. The predicted octanol–water partition coefficient (Wildman–Crippen LogP) is 3.75. The summed E-state index contributed by atoms with van der Waals surface area (Å²) in [5, 5.41) is 10.1. The first-order chi connectivity index (χ1) is 10.1. The molecule has 0 saturated heterocycles. The summed E-state index contributed by atoms with van der Waals surface area (Å²) < 4.78 is 0. The summed E-state index contributed by atoms with van der Waals surface area (Å²) in [5.74, 6) is -1.56. The number of aromatic amines is 1. The van der Waals surface area contributed by atoms with E-state index in [4.69, 9.17) is 11.6 Å². The first-order valence-electron chi connectivity index (χ1n) is 6.23. The van der Waals surface area contributed by atoms with Gasteiger partial charge in [-0.1, -0.05) is 48.0 Å².